The number of thiazole rings is 1. The van der Waals surface area contributed by atoms with Crippen LogP contribution in [0.2, 0.25) is 0 Å². The quantitative estimate of drug-likeness (QED) is 0.733. The number of carboxylic acids is 1. The lowest BCUT2D eigenvalue weighted by Crippen LogP contribution is -2.07. The molecule has 1 aromatic heterocycles. The molecular formula is C15H11NO2S2. The maximum absolute atomic E-state index is 11.5. The summed E-state index contributed by atoms with van der Waals surface area (Å²) in [5.74, 6) is -0.847. The number of nitrogens with zero attached hydrogens (tertiary/aromatic N) is 1. The summed E-state index contributed by atoms with van der Waals surface area (Å²) in [5.41, 5.74) is 1.70. The number of fused-ring (bicyclic) bond motifs is 1. The minimum atomic E-state index is -0.847. The molecule has 1 heterocycles. The number of rotatable bonds is 4. The topological polar surface area (TPSA) is 50.2 Å². The Morgan fingerprint density at radius 2 is 1.80 bits per heavy atom. The zero-order valence-corrected chi connectivity index (χ0v) is 12.0. The standard InChI is InChI=1S/C15H11NO2S2/c17-14(18)13(10-6-2-1-3-7-10)20-15-16-11-8-4-5-9-12(11)19-15/h1-9,13H,(H,17,18)/t13-/m0/s1. The van der Waals surface area contributed by atoms with Crippen molar-refractivity contribution in [1.82, 2.24) is 4.98 Å². The van der Waals surface area contributed by atoms with Crippen LogP contribution in [0.15, 0.2) is 58.9 Å². The zero-order chi connectivity index (χ0) is 13.9. The third kappa shape index (κ3) is 2.69. The molecule has 0 saturated carbocycles. The molecule has 3 aromatic rings. The first-order chi connectivity index (χ1) is 9.74. The van der Waals surface area contributed by atoms with Gasteiger partial charge in [-0.1, -0.05) is 54.2 Å². The summed E-state index contributed by atoms with van der Waals surface area (Å²) in [4.78, 5) is 16.0. The second kappa shape index (κ2) is 5.64. The van der Waals surface area contributed by atoms with E-state index in [2.05, 4.69) is 4.98 Å². The van der Waals surface area contributed by atoms with Crippen molar-refractivity contribution in [1.29, 1.82) is 0 Å². The summed E-state index contributed by atoms with van der Waals surface area (Å²) in [6.07, 6.45) is 0. The summed E-state index contributed by atoms with van der Waals surface area (Å²) in [7, 11) is 0. The number of carboxylic acid groups (broad SMARTS) is 1. The number of hydrogen-bond donors (Lipinski definition) is 1. The van der Waals surface area contributed by atoms with E-state index in [-0.39, 0.29) is 0 Å². The molecule has 0 bridgehead atoms. The van der Waals surface area contributed by atoms with Crippen LogP contribution in [0.1, 0.15) is 10.8 Å². The molecule has 1 atom stereocenters. The minimum absolute atomic E-state index is 0.628. The van der Waals surface area contributed by atoms with E-state index in [0.29, 0.717) is 0 Å². The van der Waals surface area contributed by atoms with Gasteiger partial charge in [-0.2, -0.15) is 0 Å². The second-order valence-corrected chi connectivity index (χ2v) is 6.58. The third-order valence-corrected chi connectivity index (χ3v) is 5.19. The molecule has 0 unspecified atom stereocenters. The van der Waals surface area contributed by atoms with Gasteiger partial charge in [0.15, 0.2) is 4.34 Å². The second-order valence-electron chi connectivity index (χ2n) is 4.19. The molecule has 0 aliphatic carbocycles. The van der Waals surface area contributed by atoms with E-state index in [9.17, 15) is 9.90 Å². The largest absolute Gasteiger partial charge is 0.480 e. The van der Waals surface area contributed by atoms with Crippen molar-refractivity contribution in [2.24, 2.45) is 0 Å². The maximum atomic E-state index is 11.5. The van der Waals surface area contributed by atoms with Gasteiger partial charge in [-0.15, -0.1) is 11.3 Å². The van der Waals surface area contributed by atoms with Crippen LogP contribution in [0, 0.1) is 0 Å². The van der Waals surface area contributed by atoms with Crippen molar-refractivity contribution in [3.8, 4) is 0 Å². The highest BCUT2D eigenvalue weighted by atomic mass is 32.2. The fourth-order valence-corrected chi connectivity index (χ4v) is 4.09. The number of aromatic nitrogens is 1. The molecular weight excluding hydrogens is 290 g/mol. The summed E-state index contributed by atoms with van der Waals surface area (Å²) in [6.45, 7) is 0. The number of benzene rings is 2. The Bertz CT molecular complexity index is 707. The number of thioether (sulfide) groups is 1. The number of hydrogen-bond acceptors (Lipinski definition) is 4. The minimum Gasteiger partial charge on any atom is -0.480 e. The Balaban J connectivity index is 1.92. The number of carbonyl (C=O) groups is 1. The molecule has 0 aliphatic rings. The van der Waals surface area contributed by atoms with Crippen molar-refractivity contribution >= 4 is 39.3 Å². The normalized spacial score (nSPS) is 12.4. The van der Waals surface area contributed by atoms with Gasteiger partial charge in [-0.25, -0.2) is 4.98 Å². The Hall–Kier alpha value is -1.85. The van der Waals surface area contributed by atoms with Crippen molar-refractivity contribution in [3.05, 3.63) is 60.2 Å². The number of aliphatic carboxylic acids is 1. The van der Waals surface area contributed by atoms with Crippen molar-refractivity contribution < 1.29 is 9.90 Å². The maximum Gasteiger partial charge on any atom is 0.321 e. The van der Waals surface area contributed by atoms with Crippen LogP contribution in [0.3, 0.4) is 0 Å². The molecule has 3 rings (SSSR count). The van der Waals surface area contributed by atoms with Gasteiger partial charge in [0.2, 0.25) is 0 Å². The first-order valence-corrected chi connectivity index (χ1v) is 7.73. The first kappa shape index (κ1) is 13.1. The molecule has 100 valence electrons. The zero-order valence-electron chi connectivity index (χ0n) is 10.4. The lowest BCUT2D eigenvalue weighted by atomic mass is 10.1. The van der Waals surface area contributed by atoms with Gasteiger partial charge < -0.3 is 5.11 Å². The van der Waals surface area contributed by atoms with Crippen molar-refractivity contribution in [2.75, 3.05) is 0 Å². The van der Waals surface area contributed by atoms with Crippen LogP contribution < -0.4 is 0 Å². The highest BCUT2D eigenvalue weighted by Gasteiger charge is 2.22. The lowest BCUT2D eigenvalue weighted by molar-refractivity contribution is -0.136. The molecule has 0 amide bonds. The van der Waals surface area contributed by atoms with Crippen LogP contribution >= 0.6 is 23.1 Å². The van der Waals surface area contributed by atoms with E-state index in [1.165, 1.54) is 23.1 Å². The molecule has 5 heteroatoms. The first-order valence-electron chi connectivity index (χ1n) is 6.04. The van der Waals surface area contributed by atoms with E-state index < -0.39 is 11.2 Å². The predicted molar refractivity (Wildman–Crippen MR) is 82.3 cm³/mol. The van der Waals surface area contributed by atoms with Gasteiger partial charge in [-0.3, -0.25) is 4.79 Å². The fraction of sp³-hybridized carbons (Fsp3) is 0.0667. The van der Waals surface area contributed by atoms with Crippen molar-refractivity contribution in [2.45, 2.75) is 9.59 Å². The Morgan fingerprint density at radius 3 is 2.50 bits per heavy atom. The van der Waals surface area contributed by atoms with E-state index in [4.69, 9.17) is 0 Å². The van der Waals surface area contributed by atoms with Gasteiger partial charge in [-0.05, 0) is 17.7 Å². The van der Waals surface area contributed by atoms with Gasteiger partial charge in [0, 0.05) is 0 Å². The van der Waals surface area contributed by atoms with Gasteiger partial charge in [0.1, 0.15) is 5.25 Å². The summed E-state index contributed by atoms with van der Waals surface area (Å²) in [5, 5.41) is 8.79. The molecule has 0 saturated heterocycles. The third-order valence-electron chi connectivity index (χ3n) is 2.82. The van der Waals surface area contributed by atoms with E-state index in [1.54, 1.807) is 0 Å². The molecule has 2 aromatic carbocycles. The average molecular weight is 301 g/mol. The summed E-state index contributed by atoms with van der Waals surface area (Å²) in [6, 6.07) is 17.1. The fourth-order valence-electron chi connectivity index (χ4n) is 1.89. The highest BCUT2D eigenvalue weighted by Crippen LogP contribution is 2.39. The number of para-hydroxylation sites is 1. The van der Waals surface area contributed by atoms with Crippen LogP contribution in [-0.2, 0) is 4.79 Å². The SMILES string of the molecule is O=C(O)[C@@H](Sc1nc2ccccc2s1)c1ccccc1. The molecule has 0 radical (unpaired) electrons. The highest BCUT2D eigenvalue weighted by molar-refractivity contribution is 8.02. The Labute approximate surface area is 124 Å². The van der Waals surface area contributed by atoms with E-state index in [0.717, 1.165) is 20.1 Å². The average Bonchev–Trinajstić information content (AvgIpc) is 2.88. The van der Waals surface area contributed by atoms with Crippen LogP contribution in [-0.4, -0.2) is 16.1 Å². The van der Waals surface area contributed by atoms with Crippen LogP contribution in [0.4, 0.5) is 0 Å². The van der Waals surface area contributed by atoms with E-state index >= 15 is 0 Å². The monoisotopic (exact) mass is 301 g/mol. The van der Waals surface area contributed by atoms with Gasteiger partial charge in [0.25, 0.3) is 0 Å². The molecule has 0 fully saturated rings. The molecule has 20 heavy (non-hydrogen) atoms. The smallest absolute Gasteiger partial charge is 0.321 e. The lowest BCUT2D eigenvalue weighted by Gasteiger charge is -2.09. The molecule has 0 aliphatic heterocycles. The Kier molecular flexibility index (Phi) is 3.71. The molecule has 1 N–H and O–H groups in total. The predicted octanol–water partition coefficient (Wildman–Crippen LogP) is 4.21. The van der Waals surface area contributed by atoms with Crippen LogP contribution in [0.5, 0.6) is 0 Å². The van der Waals surface area contributed by atoms with Gasteiger partial charge >= 0.3 is 5.97 Å². The summed E-state index contributed by atoms with van der Waals surface area (Å²) < 4.78 is 1.86. The molecule has 0 spiro atoms. The van der Waals surface area contributed by atoms with Crippen molar-refractivity contribution in [3.63, 3.8) is 0 Å². The Morgan fingerprint density at radius 1 is 1.10 bits per heavy atom. The van der Waals surface area contributed by atoms with Gasteiger partial charge in [0.05, 0.1) is 10.2 Å². The van der Waals surface area contributed by atoms with E-state index in [1.807, 2.05) is 54.6 Å². The summed E-state index contributed by atoms with van der Waals surface area (Å²) >= 11 is 2.81. The van der Waals surface area contributed by atoms with Crippen LogP contribution in [0.25, 0.3) is 10.2 Å². The molecule has 3 nitrogen and oxygen atoms in total.